The number of benzene rings is 1. The van der Waals surface area contributed by atoms with E-state index in [2.05, 4.69) is 10.3 Å². The summed E-state index contributed by atoms with van der Waals surface area (Å²) >= 11 is 0. The Hall–Kier alpha value is -2.63. The molecule has 6 nitrogen and oxygen atoms in total. The largest absolute Gasteiger partial charge is 0.478 e. The van der Waals surface area contributed by atoms with E-state index in [0.717, 1.165) is 5.39 Å². The minimum Gasteiger partial charge on any atom is -0.478 e. The molecule has 0 fully saturated rings. The summed E-state index contributed by atoms with van der Waals surface area (Å²) < 4.78 is 0. The molecule has 2 rings (SSSR count). The number of hydrogen-bond donors (Lipinski definition) is 2. The standard InChI is InChI=1S/C15H17N3O3/c1-3-18(9-13(19)16-2)14-11-7-5-4-6-10(11)12(8-17-14)15(20)21/h4-8H,3,9H2,1-2H3,(H,16,19)(H,20,21). The van der Waals surface area contributed by atoms with Crippen molar-refractivity contribution in [3.05, 3.63) is 36.0 Å². The summed E-state index contributed by atoms with van der Waals surface area (Å²) in [5, 5.41) is 13.2. The van der Waals surface area contributed by atoms with Gasteiger partial charge < -0.3 is 15.3 Å². The quantitative estimate of drug-likeness (QED) is 0.871. The number of aromatic nitrogens is 1. The minimum absolute atomic E-state index is 0.120. The van der Waals surface area contributed by atoms with E-state index in [-0.39, 0.29) is 18.0 Å². The normalized spacial score (nSPS) is 10.4. The summed E-state index contributed by atoms with van der Waals surface area (Å²) in [7, 11) is 1.58. The summed E-state index contributed by atoms with van der Waals surface area (Å²) in [5.74, 6) is -0.522. The van der Waals surface area contributed by atoms with E-state index in [1.807, 2.05) is 24.0 Å². The van der Waals surface area contributed by atoms with E-state index in [4.69, 9.17) is 0 Å². The molecule has 0 saturated heterocycles. The molecule has 1 aromatic heterocycles. The number of likely N-dealkylation sites (N-methyl/N-ethyl adjacent to an activating group) is 2. The first-order valence-corrected chi connectivity index (χ1v) is 6.65. The van der Waals surface area contributed by atoms with Crippen LogP contribution in [0, 0.1) is 0 Å². The van der Waals surface area contributed by atoms with Crippen molar-refractivity contribution in [3.8, 4) is 0 Å². The van der Waals surface area contributed by atoms with Crippen LogP contribution >= 0.6 is 0 Å². The lowest BCUT2D eigenvalue weighted by atomic mass is 10.1. The Morgan fingerprint density at radius 2 is 1.95 bits per heavy atom. The monoisotopic (exact) mass is 287 g/mol. The highest BCUT2D eigenvalue weighted by molar-refractivity contribution is 6.06. The van der Waals surface area contributed by atoms with Crippen LogP contribution in [-0.4, -0.2) is 42.1 Å². The Kier molecular flexibility index (Phi) is 4.37. The Balaban J connectivity index is 2.56. The lowest BCUT2D eigenvalue weighted by Gasteiger charge is -2.22. The van der Waals surface area contributed by atoms with Crippen LogP contribution in [-0.2, 0) is 4.79 Å². The SMILES string of the molecule is CCN(CC(=O)NC)c1ncc(C(=O)O)c2ccccc12. The zero-order chi connectivity index (χ0) is 15.4. The number of amides is 1. The fourth-order valence-corrected chi connectivity index (χ4v) is 2.19. The number of anilines is 1. The predicted molar refractivity (Wildman–Crippen MR) is 80.7 cm³/mol. The first-order valence-electron chi connectivity index (χ1n) is 6.65. The van der Waals surface area contributed by atoms with Gasteiger partial charge in [-0.2, -0.15) is 0 Å². The van der Waals surface area contributed by atoms with Gasteiger partial charge in [-0.05, 0) is 6.92 Å². The summed E-state index contributed by atoms with van der Waals surface area (Å²) in [4.78, 5) is 28.9. The fourth-order valence-electron chi connectivity index (χ4n) is 2.19. The number of aromatic carboxylic acids is 1. The lowest BCUT2D eigenvalue weighted by molar-refractivity contribution is -0.119. The van der Waals surface area contributed by atoms with Crippen LogP contribution in [0.15, 0.2) is 30.5 Å². The molecule has 0 aliphatic rings. The third-order valence-corrected chi connectivity index (χ3v) is 3.30. The number of fused-ring (bicyclic) bond motifs is 1. The highest BCUT2D eigenvalue weighted by Gasteiger charge is 2.17. The Morgan fingerprint density at radius 1 is 1.29 bits per heavy atom. The van der Waals surface area contributed by atoms with Gasteiger partial charge in [0.15, 0.2) is 0 Å². The number of nitrogens with one attached hydrogen (secondary N) is 1. The smallest absolute Gasteiger partial charge is 0.337 e. The molecule has 0 bridgehead atoms. The molecule has 21 heavy (non-hydrogen) atoms. The number of carbonyl (C=O) groups is 2. The zero-order valence-corrected chi connectivity index (χ0v) is 12.0. The number of nitrogens with zero attached hydrogens (tertiary/aromatic N) is 2. The van der Waals surface area contributed by atoms with Crippen LogP contribution in [0.25, 0.3) is 10.8 Å². The van der Waals surface area contributed by atoms with Crippen molar-refractivity contribution in [1.29, 1.82) is 0 Å². The van der Waals surface area contributed by atoms with E-state index in [1.165, 1.54) is 6.20 Å². The van der Waals surface area contributed by atoms with Crippen LogP contribution in [0.4, 0.5) is 5.82 Å². The summed E-state index contributed by atoms with van der Waals surface area (Å²) in [5.41, 5.74) is 0.158. The Labute approximate surface area is 122 Å². The van der Waals surface area contributed by atoms with Gasteiger partial charge in [-0.1, -0.05) is 24.3 Å². The Morgan fingerprint density at radius 3 is 2.52 bits per heavy atom. The van der Waals surface area contributed by atoms with Gasteiger partial charge in [0, 0.05) is 30.6 Å². The number of rotatable bonds is 5. The maximum Gasteiger partial charge on any atom is 0.337 e. The molecular formula is C15H17N3O3. The second-order valence-electron chi connectivity index (χ2n) is 4.53. The van der Waals surface area contributed by atoms with Crippen LogP contribution in [0.5, 0.6) is 0 Å². The van der Waals surface area contributed by atoms with E-state index < -0.39 is 5.97 Å². The van der Waals surface area contributed by atoms with Crippen molar-refractivity contribution in [1.82, 2.24) is 10.3 Å². The first kappa shape index (κ1) is 14.8. The third-order valence-electron chi connectivity index (χ3n) is 3.30. The second kappa shape index (κ2) is 6.21. The van der Waals surface area contributed by atoms with Crippen LogP contribution in [0.2, 0.25) is 0 Å². The number of carboxylic acids is 1. The molecule has 1 aromatic carbocycles. The van der Waals surface area contributed by atoms with Crippen molar-refractivity contribution < 1.29 is 14.7 Å². The minimum atomic E-state index is -1.01. The summed E-state index contributed by atoms with van der Waals surface area (Å²) in [6.07, 6.45) is 1.34. The molecule has 0 radical (unpaired) electrons. The van der Waals surface area contributed by atoms with Gasteiger partial charge in [0.05, 0.1) is 12.1 Å². The fraction of sp³-hybridized carbons (Fsp3) is 0.267. The van der Waals surface area contributed by atoms with Gasteiger partial charge in [0.1, 0.15) is 5.82 Å². The average molecular weight is 287 g/mol. The molecule has 1 heterocycles. The van der Waals surface area contributed by atoms with E-state index >= 15 is 0 Å². The molecule has 0 aliphatic carbocycles. The molecule has 0 aliphatic heterocycles. The van der Waals surface area contributed by atoms with E-state index in [0.29, 0.717) is 17.7 Å². The van der Waals surface area contributed by atoms with Gasteiger partial charge in [0.2, 0.25) is 5.91 Å². The van der Waals surface area contributed by atoms with Gasteiger partial charge >= 0.3 is 5.97 Å². The molecular weight excluding hydrogens is 270 g/mol. The topological polar surface area (TPSA) is 82.5 Å². The van der Waals surface area contributed by atoms with Crippen molar-refractivity contribution in [3.63, 3.8) is 0 Å². The highest BCUT2D eigenvalue weighted by atomic mass is 16.4. The molecule has 0 atom stereocenters. The van der Waals surface area contributed by atoms with E-state index in [9.17, 15) is 14.7 Å². The maximum atomic E-state index is 11.6. The third kappa shape index (κ3) is 2.94. The van der Waals surface area contributed by atoms with E-state index in [1.54, 1.807) is 19.2 Å². The van der Waals surface area contributed by atoms with Crippen molar-refractivity contribution in [2.24, 2.45) is 0 Å². The highest BCUT2D eigenvalue weighted by Crippen LogP contribution is 2.27. The van der Waals surface area contributed by atoms with Crippen molar-refractivity contribution in [2.45, 2.75) is 6.92 Å². The number of hydrogen-bond acceptors (Lipinski definition) is 4. The molecule has 0 spiro atoms. The van der Waals surface area contributed by atoms with Crippen LogP contribution < -0.4 is 10.2 Å². The van der Waals surface area contributed by atoms with Crippen molar-refractivity contribution >= 4 is 28.5 Å². The van der Waals surface area contributed by atoms with Crippen molar-refractivity contribution in [2.75, 3.05) is 25.0 Å². The molecule has 2 N–H and O–H groups in total. The zero-order valence-electron chi connectivity index (χ0n) is 12.0. The van der Waals surface area contributed by atoms with Crippen LogP contribution in [0.3, 0.4) is 0 Å². The molecule has 0 saturated carbocycles. The van der Waals surface area contributed by atoms with Gasteiger partial charge in [-0.25, -0.2) is 9.78 Å². The maximum absolute atomic E-state index is 11.6. The van der Waals surface area contributed by atoms with Gasteiger partial charge in [0.25, 0.3) is 0 Å². The predicted octanol–water partition coefficient (Wildman–Crippen LogP) is 1.51. The number of pyridine rings is 1. The second-order valence-corrected chi connectivity index (χ2v) is 4.53. The first-order chi connectivity index (χ1) is 10.1. The molecule has 0 unspecified atom stereocenters. The molecule has 2 aromatic rings. The average Bonchev–Trinajstić information content (AvgIpc) is 2.51. The Bertz CT molecular complexity index is 685. The van der Waals surface area contributed by atoms with Gasteiger partial charge in [-0.15, -0.1) is 0 Å². The number of carbonyl (C=O) groups excluding carboxylic acids is 1. The molecule has 110 valence electrons. The lowest BCUT2D eigenvalue weighted by Crippen LogP contribution is -2.36. The summed E-state index contributed by atoms with van der Waals surface area (Å²) in [6, 6.07) is 7.18. The summed E-state index contributed by atoms with van der Waals surface area (Å²) in [6.45, 7) is 2.69. The molecule has 1 amide bonds. The van der Waals surface area contributed by atoms with Crippen LogP contribution in [0.1, 0.15) is 17.3 Å². The number of carboxylic acid groups (broad SMARTS) is 1. The van der Waals surface area contributed by atoms with Gasteiger partial charge in [-0.3, -0.25) is 4.79 Å². The molecule has 6 heteroatoms.